The largest absolute Gasteiger partial charge is 0.344 e. The van der Waals surface area contributed by atoms with Crippen molar-refractivity contribution in [1.82, 2.24) is 15.1 Å². The molecular weight excluding hydrogens is 226 g/mol. The lowest BCUT2D eigenvalue weighted by atomic mass is 9.98. The van der Waals surface area contributed by atoms with Crippen LogP contribution in [0.25, 0.3) is 0 Å². The van der Waals surface area contributed by atoms with E-state index >= 15 is 0 Å². The number of nitrogens with zero attached hydrogens (tertiary/aromatic N) is 2. The second-order valence-corrected chi connectivity index (χ2v) is 5.69. The van der Waals surface area contributed by atoms with Crippen LogP contribution in [0, 0.1) is 5.92 Å². The van der Waals surface area contributed by atoms with E-state index < -0.39 is 0 Å². The van der Waals surface area contributed by atoms with E-state index in [2.05, 4.69) is 17.1 Å². The van der Waals surface area contributed by atoms with Crippen LogP contribution in [0.5, 0.6) is 0 Å². The highest BCUT2D eigenvalue weighted by atomic mass is 16.2. The number of amides is 1. The van der Waals surface area contributed by atoms with Crippen molar-refractivity contribution in [2.45, 2.75) is 38.6 Å². The van der Waals surface area contributed by atoms with Crippen LogP contribution in [0.1, 0.15) is 32.6 Å². The Hall–Kier alpha value is -0.610. The number of likely N-dealkylation sites (N-methyl/N-ethyl adjacent to an activating group) is 2. The third-order valence-corrected chi connectivity index (χ3v) is 4.41. The highest BCUT2D eigenvalue weighted by Crippen LogP contribution is 2.19. The Balaban J connectivity index is 1.82. The van der Waals surface area contributed by atoms with E-state index in [1.807, 2.05) is 11.9 Å². The third kappa shape index (κ3) is 3.23. The van der Waals surface area contributed by atoms with E-state index in [0.717, 1.165) is 39.0 Å². The van der Waals surface area contributed by atoms with Crippen LogP contribution < -0.4 is 5.32 Å². The van der Waals surface area contributed by atoms with Gasteiger partial charge in [0.05, 0.1) is 5.92 Å². The SMILES string of the molecule is CCN1CCCC1CN(C)C(=O)[C@@H]1CCCNC1. The highest BCUT2D eigenvalue weighted by molar-refractivity contribution is 5.79. The van der Waals surface area contributed by atoms with E-state index in [1.165, 1.54) is 19.4 Å². The lowest BCUT2D eigenvalue weighted by Crippen LogP contribution is -2.46. The van der Waals surface area contributed by atoms with E-state index in [-0.39, 0.29) is 5.92 Å². The van der Waals surface area contributed by atoms with Crippen molar-refractivity contribution in [1.29, 1.82) is 0 Å². The highest BCUT2D eigenvalue weighted by Gasteiger charge is 2.28. The molecule has 0 saturated carbocycles. The van der Waals surface area contributed by atoms with Gasteiger partial charge in [-0.05, 0) is 45.3 Å². The van der Waals surface area contributed by atoms with Crippen LogP contribution >= 0.6 is 0 Å². The first-order valence-corrected chi connectivity index (χ1v) is 7.42. The first-order valence-electron chi connectivity index (χ1n) is 7.42. The molecule has 0 aromatic carbocycles. The van der Waals surface area contributed by atoms with Crippen LogP contribution in [-0.2, 0) is 4.79 Å². The number of carbonyl (C=O) groups is 1. The summed E-state index contributed by atoms with van der Waals surface area (Å²) in [5.41, 5.74) is 0. The molecule has 2 aliphatic rings. The van der Waals surface area contributed by atoms with E-state index in [1.54, 1.807) is 0 Å². The summed E-state index contributed by atoms with van der Waals surface area (Å²) in [6, 6.07) is 0.584. The zero-order valence-electron chi connectivity index (χ0n) is 11.8. The van der Waals surface area contributed by atoms with Gasteiger partial charge in [0.2, 0.25) is 5.91 Å². The molecule has 2 rings (SSSR count). The van der Waals surface area contributed by atoms with Gasteiger partial charge in [0.15, 0.2) is 0 Å². The Morgan fingerprint density at radius 3 is 2.89 bits per heavy atom. The summed E-state index contributed by atoms with van der Waals surface area (Å²) < 4.78 is 0. The molecule has 0 radical (unpaired) electrons. The van der Waals surface area contributed by atoms with Gasteiger partial charge in [-0.15, -0.1) is 0 Å². The topological polar surface area (TPSA) is 35.6 Å². The van der Waals surface area contributed by atoms with Crippen LogP contribution in [-0.4, -0.2) is 61.5 Å². The number of likely N-dealkylation sites (tertiary alicyclic amines) is 1. The molecule has 1 N–H and O–H groups in total. The molecule has 2 aliphatic heterocycles. The van der Waals surface area contributed by atoms with Crippen molar-refractivity contribution >= 4 is 5.91 Å². The van der Waals surface area contributed by atoms with Crippen molar-refractivity contribution in [3.05, 3.63) is 0 Å². The van der Waals surface area contributed by atoms with Crippen molar-refractivity contribution in [3.8, 4) is 0 Å². The smallest absolute Gasteiger partial charge is 0.226 e. The fraction of sp³-hybridized carbons (Fsp3) is 0.929. The minimum Gasteiger partial charge on any atom is -0.344 e. The molecular formula is C14H27N3O. The molecule has 0 aliphatic carbocycles. The number of rotatable bonds is 4. The van der Waals surface area contributed by atoms with Crippen molar-refractivity contribution in [3.63, 3.8) is 0 Å². The summed E-state index contributed by atoms with van der Waals surface area (Å²) in [6.45, 7) is 7.37. The Labute approximate surface area is 111 Å². The molecule has 2 heterocycles. The fourth-order valence-corrected chi connectivity index (χ4v) is 3.30. The quantitative estimate of drug-likeness (QED) is 0.809. The summed E-state index contributed by atoms with van der Waals surface area (Å²) in [7, 11) is 1.98. The van der Waals surface area contributed by atoms with Gasteiger partial charge in [0.25, 0.3) is 0 Å². The average Bonchev–Trinajstić information content (AvgIpc) is 2.86. The fourth-order valence-electron chi connectivity index (χ4n) is 3.30. The molecule has 4 nitrogen and oxygen atoms in total. The minimum atomic E-state index is 0.209. The maximum absolute atomic E-state index is 12.3. The number of hydrogen-bond donors (Lipinski definition) is 1. The van der Waals surface area contributed by atoms with Crippen LogP contribution in [0.15, 0.2) is 0 Å². The van der Waals surface area contributed by atoms with Gasteiger partial charge >= 0.3 is 0 Å². The number of hydrogen-bond acceptors (Lipinski definition) is 3. The second-order valence-electron chi connectivity index (χ2n) is 5.69. The van der Waals surface area contributed by atoms with Crippen LogP contribution in [0.2, 0.25) is 0 Å². The molecule has 0 aromatic rings. The van der Waals surface area contributed by atoms with Gasteiger partial charge in [-0.2, -0.15) is 0 Å². The van der Waals surface area contributed by atoms with E-state index in [9.17, 15) is 4.79 Å². The minimum absolute atomic E-state index is 0.209. The maximum atomic E-state index is 12.3. The predicted octanol–water partition coefficient (Wildman–Crippen LogP) is 0.929. The molecule has 1 amide bonds. The summed E-state index contributed by atoms with van der Waals surface area (Å²) in [6.07, 6.45) is 4.72. The zero-order chi connectivity index (χ0) is 13.0. The lowest BCUT2D eigenvalue weighted by Gasteiger charge is -2.31. The van der Waals surface area contributed by atoms with Crippen molar-refractivity contribution < 1.29 is 4.79 Å². The van der Waals surface area contributed by atoms with Gasteiger partial charge in [-0.3, -0.25) is 9.69 Å². The number of carbonyl (C=O) groups excluding carboxylic acids is 1. The molecule has 0 bridgehead atoms. The van der Waals surface area contributed by atoms with E-state index in [0.29, 0.717) is 11.9 Å². The van der Waals surface area contributed by atoms with Crippen LogP contribution in [0.4, 0.5) is 0 Å². The Kier molecular flexibility index (Phi) is 5.01. The van der Waals surface area contributed by atoms with Gasteiger partial charge in [-0.1, -0.05) is 6.92 Å². The van der Waals surface area contributed by atoms with Crippen molar-refractivity contribution in [2.75, 3.05) is 39.8 Å². The molecule has 2 fully saturated rings. The first-order chi connectivity index (χ1) is 8.72. The molecule has 4 heteroatoms. The molecule has 104 valence electrons. The standard InChI is InChI=1S/C14H27N3O/c1-3-17-9-5-7-13(17)11-16(2)14(18)12-6-4-8-15-10-12/h12-13,15H,3-11H2,1-2H3/t12-,13?/m1/s1. The first kappa shape index (κ1) is 13.8. The van der Waals surface area contributed by atoms with Gasteiger partial charge in [-0.25, -0.2) is 0 Å². The molecule has 0 aromatic heterocycles. The Morgan fingerprint density at radius 1 is 1.39 bits per heavy atom. The normalized spacial score (nSPS) is 29.4. The molecule has 2 saturated heterocycles. The lowest BCUT2D eigenvalue weighted by molar-refractivity contribution is -0.135. The summed E-state index contributed by atoms with van der Waals surface area (Å²) in [4.78, 5) is 16.8. The van der Waals surface area contributed by atoms with Crippen molar-refractivity contribution in [2.24, 2.45) is 5.92 Å². The summed E-state index contributed by atoms with van der Waals surface area (Å²) >= 11 is 0. The number of piperidine rings is 1. The molecule has 2 atom stereocenters. The van der Waals surface area contributed by atoms with Gasteiger partial charge in [0, 0.05) is 26.2 Å². The summed E-state index contributed by atoms with van der Waals surface area (Å²) in [5, 5.41) is 3.33. The van der Waals surface area contributed by atoms with Crippen LogP contribution in [0.3, 0.4) is 0 Å². The molecule has 0 spiro atoms. The number of nitrogens with one attached hydrogen (secondary N) is 1. The Morgan fingerprint density at radius 2 is 2.22 bits per heavy atom. The average molecular weight is 253 g/mol. The maximum Gasteiger partial charge on any atom is 0.226 e. The molecule has 1 unspecified atom stereocenters. The second kappa shape index (κ2) is 6.53. The van der Waals surface area contributed by atoms with Gasteiger partial charge in [0.1, 0.15) is 0 Å². The van der Waals surface area contributed by atoms with Gasteiger partial charge < -0.3 is 10.2 Å². The summed E-state index contributed by atoms with van der Waals surface area (Å²) in [5.74, 6) is 0.547. The molecule has 18 heavy (non-hydrogen) atoms. The monoisotopic (exact) mass is 253 g/mol. The third-order valence-electron chi connectivity index (χ3n) is 4.41. The van der Waals surface area contributed by atoms with E-state index in [4.69, 9.17) is 0 Å². The Bertz CT molecular complexity index is 276. The predicted molar refractivity (Wildman–Crippen MR) is 73.5 cm³/mol. The zero-order valence-corrected chi connectivity index (χ0v) is 11.8.